The van der Waals surface area contributed by atoms with Gasteiger partial charge in [-0.05, 0) is 41.6 Å². The van der Waals surface area contributed by atoms with Gasteiger partial charge in [-0.1, -0.05) is 41.4 Å². The maximum atomic E-state index is 12.4. The number of benzene rings is 2. The Kier molecular flexibility index (Phi) is 5.70. The van der Waals surface area contributed by atoms with Crippen LogP contribution >= 0.6 is 35.0 Å². The van der Waals surface area contributed by atoms with Crippen molar-refractivity contribution in [3.05, 3.63) is 58.6 Å². The molecule has 134 valence electrons. The monoisotopic (exact) mass is 409 g/mol. The fraction of sp³-hybridized carbons (Fsp3) is 0.118. The Morgan fingerprint density at radius 3 is 2.69 bits per heavy atom. The van der Waals surface area contributed by atoms with Crippen LogP contribution < -0.4 is 15.1 Å². The van der Waals surface area contributed by atoms with Crippen molar-refractivity contribution in [1.29, 1.82) is 0 Å². The molecule has 1 heterocycles. The standard InChI is InChI=1S/C17H13Cl2N3O3S/c1-10(15(23)20-14-8-7-11(18)9-13(14)19)26-16-17(24)25-21-22(16)12-5-3-2-4-6-12/h2-10H,1H3,(H-,20,21,23,24). The van der Waals surface area contributed by atoms with Crippen LogP contribution in [0.15, 0.2) is 58.1 Å². The lowest BCUT2D eigenvalue weighted by Gasteiger charge is -2.11. The molecule has 1 atom stereocenters. The Hall–Kier alpha value is -2.22. The molecule has 2 aromatic carbocycles. The van der Waals surface area contributed by atoms with E-state index < -0.39 is 11.2 Å². The molecule has 1 aromatic heterocycles. The van der Waals surface area contributed by atoms with Gasteiger partial charge >= 0.3 is 0 Å². The van der Waals surface area contributed by atoms with E-state index in [0.717, 1.165) is 11.8 Å². The second kappa shape index (κ2) is 7.99. The maximum absolute atomic E-state index is 12.4. The molecule has 0 saturated carbocycles. The Morgan fingerprint density at radius 1 is 1.27 bits per heavy atom. The van der Waals surface area contributed by atoms with E-state index in [9.17, 15) is 9.90 Å². The number of aromatic nitrogens is 2. The number of carbonyl (C=O) groups is 1. The number of rotatable bonds is 5. The van der Waals surface area contributed by atoms with Crippen molar-refractivity contribution < 1.29 is 19.1 Å². The van der Waals surface area contributed by atoms with Crippen LogP contribution in [0.4, 0.5) is 5.69 Å². The minimum atomic E-state index is -0.608. The lowest BCUT2D eigenvalue weighted by molar-refractivity contribution is -0.705. The molecule has 0 spiro atoms. The predicted molar refractivity (Wildman–Crippen MR) is 97.9 cm³/mol. The summed E-state index contributed by atoms with van der Waals surface area (Å²) in [4.78, 5) is 12.4. The van der Waals surface area contributed by atoms with Gasteiger partial charge in [0.05, 0.1) is 21.2 Å². The first kappa shape index (κ1) is 18.6. The second-order valence-electron chi connectivity index (χ2n) is 5.29. The molecule has 0 bridgehead atoms. The highest BCUT2D eigenvalue weighted by atomic mass is 35.5. The van der Waals surface area contributed by atoms with Crippen LogP contribution in [0.3, 0.4) is 0 Å². The van der Waals surface area contributed by atoms with Crippen LogP contribution in [0.1, 0.15) is 6.92 Å². The third-order valence-electron chi connectivity index (χ3n) is 3.42. The zero-order chi connectivity index (χ0) is 18.7. The van der Waals surface area contributed by atoms with Crippen molar-refractivity contribution in [1.82, 2.24) is 5.27 Å². The first-order valence-electron chi connectivity index (χ1n) is 7.52. The van der Waals surface area contributed by atoms with Crippen LogP contribution in [0.2, 0.25) is 10.0 Å². The maximum Gasteiger partial charge on any atom is 0.298 e. The predicted octanol–water partition coefficient (Wildman–Crippen LogP) is 3.45. The summed E-state index contributed by atoms with van der Waals surface area (Å²) >= 11 is 13.0. The molecule has 3 aromatic rings. The average molecular weight is 410 g/mol. The van der Waals surface area contributed by atoms with Gasteiger partial charge in [-0.3, -0.25) is 4.79 Å². The van der Waals surface area contributed by atoms with Crippen molar-refractivity contribution >= 4 is 46.6 Å². The van der Waals surface area contributed by atoms with Crippen LogP contribution in [-0.4, -0.2) is 16.4 Å². The smallest absolute Gasteiger partial charge is 0.298 e. The summed E-state index contributed by atoms with van der Waals surface area (Å²) in [6, 6.07) is 13.8. The molecule has 0 radical (unpaired) electrons. The van der Waals surface area contributed by atoms with Crippen molar-refractivity contribution in [3.8, 4) is 11.6 Å². The van der Waals surface area contributed by atoms with Crippen molar-refractivity contribution in [2.24, 2.45) is 0 Å². The van der Waals surface area contributed by atoms with E-state index in [2.05, 4.69) is 10.6 Å². The van der Waals surface area contributed by atoms with Crippen molar-refractivity contribution in [2.45, 2.75) is 17.2 Å². The molecular weight excluding hydrogens is 397 g/mol. The second-order valence-corrected chi connectivity index (χ2v) is 7.46. The van der Waals surface area contributed by atoms with Crippen LogP contribution in [0, 0.1) is 0 Å². The summed E-state index contributed by atoms with van der Waals surface area (Å²) in [7, 11) is 0. The molecule has 0 fully saturated rings. The van der Waals surface area contributed by atoms with Crippen LogP contribution in [-0.2, 0) is 4.79 Å². The largest absolute Gasteiger partial charge is 0.538 e. The fourth-order valence-electron chi connectivity index (χ4n) is 2.12. The van der Waals surface area contributed by atoms with Gasteiger partial charge in [0.1, 0.15) is 0 Å². The third kappa shape index (κ3) is 4.12. The van der Waals surface area contributed by atoms with E-state index in [4.69, 9.17) is 27.7 Å². The fourth-order valence-corrected chi connectivity index (χ4v) is 3.45. The molecule has 3 rings (SSSR count). The van der Waals surface area contributed by atoms with Crippen molar-refractivity contribution in [2.75, 3.05) is 5.32 Å². The minimum absolute atomic E-state index is 0.209. The van der Waals surface area contributed by atoms with E-state index in [0.29, 0.717) is 21.4 Å². The number of anilines is 1. The lowest BCUT2D eigenvalue weighted by Crippen LogP contribution is -2.36. The number of halogens is 2. The van der Waals surface area contributed by atoms with Gasteiger partial charge in [0.2, 0.25) is 11.6 Å². The average Bonchev–Trinajstić information content (AvgIpc) is 2.98. The topological polar surface area (TPSA) is 82.1 Å². The van der Waals surface area contributed by atoms with Gasteiger partial charge in [-0.25, -0.2) is 0 Å². The van der Waals surface area contributed by atoms with Crippen LogP contribution in [0.25, 0.3) is 5.69 Å². The quantitative estimate of drug-likeness (QED) is 0.515. The highest BCUT2D eigenvalue weighted by Crippen LogP contribution is 2.30. The van der Waals surface area contributed by atoms with E-state index in [1.54, 1.807) is 31.2 Å². The molecular formula is C17H13Cl2N3O3S. The first-order valence-corrected chi connectivity index (χ1v) is 9.16. The molecule has 1 amide bonds. The van der Waals surface area contributed by atoms with Gasteiger partial charge in [0.25, 0.3) is 5.03 Å². The molecule has 0 aliphatic heterocycles. The summed E-state index contributed by atoms with van der Waals surface area (Å²) in [6.45, 7) is 1.67. The Morgan fingerprint density at radius 2 is 2.00 bits per heavy atom. The van der Waals surface area contributed by atoms with Crippen molar-refractivity contribution in [3.63, 3.8) is 0 Å². The molecule has 9 heteroatoms. The van der Waals surface area contributed by atoms with Gasteiger partial charge in [-0.15, -0.1) is 0 Å². The number of carbonyl (C=O) groups excluding carboxylic acids is 1. The van der Waals surface area contributed by atoms with Gasteiger partial charge < -0.3 is 14.9 Å². The number of amides is 1. The van der Waals surface area contributed by atoms with E-state index >= 15 is 0 Å². The zero-order valence-electron chi connectivity index (χ0n) is 13.5. The SMILES string of the molecule is CC(Sc1c([O-])on[n+]1-c1ccccc1)C(=O)Nc1ccc(Cl)cc1Cl. The number of nitrogens with zero attached hydrogens (tertiary/aromatic N) is 2. The van der Waals surface area contributed by atoms with E-state index in [-0.39, 0.29) is 10.9 Å². The van der Waals surface area contributed by atoms with Gasteiger partial charge in [0, 0.05) is 17.2 Å². The molecule has 6 nitrogen and oxygen atoms in total. The highest BCUT2D eigenvalue weighted by Gasteiger charge is 2.26. The first-order chi connectivity index (χ1) is 12.5. The van der Waals surface area contributed by atoms with Crippen LogP contribution in [0.5, 0.6) is 5.95 Å². The third-order valence-corrected chi connectivity index (χ3v) is 5.10. The Bertz CT molecular complexity index is 934. The summed E-state index contributed by atoms with van der Waals surface area (Å²) in [5.74, 6) is -0.928. The summed E-state index contributed by atoms with van der Waals surface area (Å²) < 4.78 is 6.12. The Balaban J connectivity index is 1.77. The number of para-hydroxylation sites is 1. The molecule has 0 aliphatic rings. The highest BCUT2D eigenvalue weighted by molar-refractivity contribution is 8.00. The summed E-state index contributed by atoms with van der Waals surface area (Å²) in [5.41, 5.74) is 1.10. The molecule has 0 aliphatic carbocycles. The molecule has 1 unspecified atom stereocenters. The van der Waals surface area contributed by atoms with Gasteiger partial charge in [-0.2, -0.15) is 0 Å². The number of nitrogens with one attached hydrogen (secondary N) is 1. The van der Waals surface area contributed by atoms with E-state index in [1.807, 2.05) is 18.2 Å². The minimum Gasteiger partial charge on any atom is -0.538 e. The molecule has 1 N–H and O–H groups in total. The summed E-state index contributed by atoms with van der Waals surface area (Å²) in [5, 5.41) is 18.9. The van der Waals surface area contributed by atoms with Gasteiger partial charge in [0.15, 0.2) is 5.95 Å². The number of hydrogen-bond acceptors (Lipinski definition) is 5. The number of thioether (sulfide) groups is 1. The zero-order valence-corrected chi connectivity index (χ0v) is 15.8. The summed E-state index contributed by atoms with van der Waals surface area (Å²) in [6.07, 6.45) is 0. The number of hydrogen-bond donors (Lipinski definition) is 1. The Labute approximate surface area is 163 Å². The lowest BCUT2D eigenvalue weighted by atomic mass is 10.3. The molecule has 26 heavy (non-hydrogen) atoms. The molecule has 0 saturated heterocycles. The van der Waals surface area contributed by atoms with E-state index in [1.165, 1.54) is 10.7 Å². The normalized spacial score (nSPS) is 12.0.